The number of benzene rings is 1. The summed E-state index contributed by atoms with van der Waals surface area (Å²) in [4.78, 5) is 16.3. The fourth-order valence-electron chi connectivity index (χ4n) is 2.15. The van der Waals surface area contributed by atoms with Crippen molar-refractivity contribution in [1.82, 2.24) is 9.99 Å². The standard InChI is InChI=1S/C15H13FN4O/c16-12-3-1-2-10(8-12)15(21)20-7-6-13(19-20)11-4-5-14(17)18-9-11/h1-5,8-9H,6-7H2,(H2,17,18). The summed E-state index contributed by atoms with van der Waals surface area (Å²) >= 11 is 0. The molecule has 2 heterocycles. The topological polar surface area (TPSA) is 71.6 Å². The second kappa shape index (κ2) is 5.32. The van der Waals surface area contributed by atoms with Gasteiger partial charge in [-0.15, -0.1) is 0 Å². The first-order valence-corrected chi connectivity index (χ1v) is 6.50. The SMILES string of the molecule is Nc1ccc(C2=NN(C(=O)c3cccc(F)c3)CC2)cn1. The van der Waals surface area contributed by atoms with Crippen molar-refractivity contribution in [3.05, 3.63) is 59.5 Å². The average Bonchev–Trinajstić information content (AvgIpc) is 2.97. The highest BCUT2D eigenvalue weighted by Crippen LogP contribution is 2.17. The van der Waals surface area contributed by atoms with E-state index in [9.17, 15) is 9.18 Å². The zero-order valence-corrected chi connectivity index (χ0v) is 11.2. The minimum absolute atomic E-state index is 0.287. The van der Waals surface area contributed by atoms with Crippen LogP contribution in [0.1, 0.15) is 22.3 Å². The Morgan fingerprint density at radius 2 is 2.14 bits per heavy atom. The Kier molecular flexibility index (Phi) is 3.35. The van der Waals surface area contributed by atoms with Gasteiger partial charge in [-0.1, -0.05) is 6.07 Å². The van der Waals surface area contributed by atoms with Crippen LogP contribution in [0.25, 0.3) is 0 Å². The van der Waals surface area contributed by atoms with Gasteiger partial charge in [0.1, 0.15) is 11.6 Å². The molecule has 2 N–H and O–H groups in total. The van der Waals surface area contributed by atoms with E-state index in [4.69, 9.17) is 5.73 Å². The summed E-state index contributed by atoms with van der Waals surface area (Å²) in [6.07, 6.45) is 2.26. The monoisotopic (exact) mass is 284 g/mol. The summed E-state index contributed by atoms with van der Waals surface area (Å²) in [6.45, 7) is 0.467. The van der Waals surface area contributed by atoms with Crippen molar-refractivity contribution < 1.29 is 9.18 Å². The molecule has 2 aromatic rings. The molecule has 0 saturated carbocycles. The molecule has 0 aliphatic carbocycles. The van der Waals surface area contributed by atoms with Crippen LogP contribution >= 0.6 is 0 Å². The second-order valence-electron chi connectivity index (χ2n) is 4.71. The Labute approximate surface area is 120 Å². The molecule has 0 fully saturated rings. The molecule has 1 aliphatic heterocycles. The molecule has 0 bridgehead atoms. The van der Waals surface area contributed by atoms with Gasteiger partial charge in [-0.2, -0.15) is 5.10 Å². The molecule has 0 saturated heterocycles. The molecule has 106 valence electrons. The van der Waals surface area contributed by atoms with Gasteiger partial charge in [0.2, 0.25) is 0 Å². The fraction of sp³-hybridized carbons (Fsp3) is 0.133. The van der Waals surface area contributed by atoms with E-state index in [0.29, 0.717) is 18.8 Å². The van der Waals surface area contributed by atoms with E-state index in [-0.39, 0.29) is 11.5 Å². The van der Waals surface area contributed by atoms with Crippen LogP contribution in [-0.4, -0.2) is 28.2 Å². The molecular weight excluding hydrogens is 271 g/mol. The van der Waals surface area contributed by atoms with Crippen LogP contribution in [0.4, 0.5) is 10.2 Å². The van der Waals surface area contributed by atoms with Crippen molar-refractivity contribution in [3.8, 4) is 0 Å². The Morgan fingerprint density at radius 3 is 2.86 bits per heavy atom. The summed E-state index contributed by atoms with van der Waals surface area (Å²) < 4.78 is 13.2. The van der Waals surface area contributed by atoms with Gasteiger partial charge in [-0.3, -0.25) is 4.79 Å². The molecule has 1 aromatic carbocycles. The average molecular weight is 284 g/mol. The van der Waals surface area contributed by atoms with Gasteiger partial charge in [0.05, 0.1) is 12.3 Å². The van der Waals surface area contributed by atoms with Crippen LogP contribution in [0.15, 0.2) is 47.7 Å². The van der Waals surface area contributed by atoms with Gasteiger partial charge < -0.3 is 5.73 Å². The van der Waals surface area contributed by atoms with E-state index in [1.165, 1.54) is 23.2 Å². The number of hydrogen-bond acceptors (Lipinski definition) is 4. The second-order valence-corrected chi connectivity index (χ2v) is 4.71. The smallest absolute Gasteiger partial charge is 0.274 e. The first kappa shape index (κ1) is 13.2. The van der Waals surface area contributed by atoms with Crippen LogP contribution < -0.4 is 5.73 Å². The van der Waals surface area contributed by atoms with Crippen molar-refractivity contribution in [2.75, 3.05) is 12.3 Å². The number of carbonyl (C=O) groups excluding carboxylic acids is 1. The molecule has 0 unspecified atom stereocenters. The Balaban J connectivity index is 1.82. The van der Waals surface area contributed by atoms with Gasteiger partial charge >= 0.3 is 0 Å². The Morgan fingerprint density at radius 1 is 1.29 bits per heavy atom. The summed E-state index contributed by atoms with van der Waals surface area (Å²) in [7, 11) is 0. The maximum atomic E-state index is 13.2. The Hall–Kier alpha value is -2.76. The highest BCUT2D eigenvalue weighted by molar-refractivity contribution is 6.04. The molecule has 5 nitrogen and oxygen atoms in total. The van der Waals surface area contributed by atoms with Crippen molar-refractivity contribution >= 4 is 17.4 Å². The number of hydrazone groups is 1. The van der Waals surface area contributed by atoms with E-state index in [2.05, 4.69) is 10.1 Å². The first-order valence-electron chi connectivity index (χ1n) is 6.50. The Bertz CT molecular complexity index is 712. The van der Waals surface area contributed by atoms with E-state index >= 15 is 0 Å². The number of halogens is 1. The number of nitrogens with two attached hydrogens (primary N) is 1. The number of nitrogens with zero attached hydrogens (tertiary/aromatic N) is 3. The van der Waals surface area contributed by atoms with Crippen LogP contribution in [0.5, 0.6) is 0 Å². The summed E-state index contributed by atoms with van der Waals surface area (Å²) in [5.74, 6) is -0.315. The molecule has 1 aliphatic rings. The number of amides is 1. The summed E-state index contributed by atoms with van der Waals surface area (Å²) in [5.41, 5.74) is 7.43. The van der Waals surface area contributed by atoms with Crippen LogP contribution in [0.3, 0.4) is 0 Å². The third-order valence-corrected chi connectivity index (χ3v) is 3.23. The quantitative estimate of drug-likeness (QED) is 0.917. The van der Waals surface area contributed by atoms with Gasteiger partial charge in [0, 0.05) is 23.7 Å². The molecule has 3 rings (SSSR count). The lowest BCUT2D eigenvalue weighted by Crippen LogP contribution is -2.23. The number of carbonyl (C=O) groups is 1. The predicted octanol–water partition coefficient (Wildman–Crippen LogP) is 2.05. The van der Waals surface area contributed by atoms with Crippen LogP contribution in [0.2, 0.25) is 0 Å². The largest absolute Gasteiger partial charge is 0.384 e. The third-order valence-electron chi connectivity index (χ3n) is 3.23. The molecular formula is C15H13FN4O. The van der Waals surface area contributed by atoms with E-state index in [1.54, 1.807) is 18.3 Å². The highest BCUT2D eigenvalue weighted by Gasteiger charge is 2.23. The van der Waals surface area contributed by atoms with E-state index in [0.717, 1.165) is 11.3 Å². The summed E-state index contributed by atoms with van der Waals surface area (Å²) in [6, 6.07) is 9.10. The number of anilines is 1. The zero-order valence-electron chi connectivity index (χ0n) is 11.2. The third kappa shape index (κ3) is 2.74. The molecule has 1 aromatic heterocycles. The minimum atomic E-state index is -0.438. The lowest BCUT2D eigenvalue weighted by Gasteiger charge is -2.11. The van der Waals surface area contributed by atoms with E-state index < -0.39 is 5.82 Å². The number of hydrogen-bond donors (Lipinski definition) is 1. The fourth-order valence-corrected chi connectivity index (χ4v) is 2.15. The van der Waals surface area contributed by atoms with E-state index in [1.807, 2.05) is 6.07 Å². The number of rotatable bonds is 2. The van der Waals surface area contributed by atoms with Gasteiger partial charge in [0.15, 0.2) is 0 Å². The van der Waals surface area contributed by atoms with Gasteiger partial charge in [-0.05, 0) is 30.3 Å². The summed E-state index contributed by atoms with van der Waals surface area (Å²) in [5, 5.41) is 5.64. The number of nitrogen functional groups attached to an aromatic ring is 1. The maximum Gasteiger partial charge on any atom is 0.274 e. The van der Waals surface area contributed by atoms with Crippen molar-refractivity contribution in [1.29, 1.82) is 0 Å². The van der Waals surface area contributed by atoms with Crippen molar-refractivity contribution in [2.24, 2.45) is 5.10 Å². The number of pyridine rings is 1. The predicted molar refractivity (Wildman–Crippen MR) is 77.2 cm³/mol. The van der Waals surface area contributed by atoms with Gasteiger partial charge in [0.25, 0.3) is 5.91 Å². The highest BCUT2D eigenvalue weighted by atomic mass is 19.1. The molecule has 1 amide bonds. The van der Waals surface area contributed by atoms with Gasteiger partial charge in [-0.25, -0.2) is 14.4 Å². The molecule has 6 heteroatoms. The molecule has 0 spiro atoms. The lowest BCUT2D eigenvalue weighted by atomic mass is 10.1. The normalized spacial score (nSPS) is 14.1. The van der Waals surface area contributed by atoms with Crippen molar-refractivity contribution in [3.63, 3.8) is 0 Å². The zero-order chi connectivity index (χ0) is 14.8. The van der Waals surface area contributed by atoms with Crippen LogP contribution in [-0.2, 0) is 0 Å². The molecule has 0 radical (unpaired) electrons. The van der Waals surface area contributed by atoms with Crippen LogP contribution in [0, 0.1) is 5.82 Å². The minimum Gasteiger partial charge on any atom is -0.384 e. The first-order chi connectivity index (χ1) is 10.1. The lowest BCUT2D eigenvalue weighted by molar-refractivity contribution is 0.0778. The number of aromatic nitrogens is 1. The molecule has 21 heavy (non-hydrogen) atoms. The van der Waals surface area contributed by atoms with Crippen molar-refractivity contribution in [2.45, 2.75) is 6.42 Å². The molecule has 0 atom stereocenters. The maximum absolute atomic E-state index is 13.2.